The lowest BCUT2D eigenvalue weighted by Gasteiger charge is -2.29. The van der Waals surface area contributed by atoms with Crippen molar-refractivity contribution in [2.75, 3.05) is 13.1 Å². The van der Waals surface area contributed by atoms with E-state index in [4.69, 9.17) is 0 Å². The van der Waals surface area contributed by atoms with Crippen LogP contribution in [0.5, 0.6) is 0 Å². The number of hydrogen-bond donors (Lipinski definition) is 2. The second kappa shape index (κ2) is 4.89. The average Bonchev–Trinajstić information content (AvgIpc) is 2.35. The number of carbonyl (C=O) groups excluding carboxylic acids is 1. The predicted octanol–water partition coefficient (Wildman–Crippen LogP) is -0.0164. The first-order valence-corrected chi connectivity index (χ1v) is 6.04. The number of nitrogens with zero attached hydrogens (tertiary/aromatic N) is 2. The third kappa shape index (κ3) is 2.28. The summed E-state index contributed by atoms with van der Waals surface area (Å²) in [7, 11) is 0. The van der Waals surface area contributed by atoms with Crippen molar-refractivity contribution >= 4 is 5.91 Å². The number of amides is 1. The fraction of sp³-hybridized carbons (Fsp3) is 0.583. The van der Waals surface area contributed by atoms with Crippen LogP contribution in [0.1, 0.15) is 34.5 Å². The first-order valence-electron chi connectivity index (χ1n) is 6.04. The van der Waals surface area contributed by atoms with Crippen LogP contribution < -0.4 is 5.56 Å². The number of aromatic amines is 1. The number of aryl methyl sites for hydroxylation is 1. The number of nitrogens with one attached hydrogen (secondary N) is 1. The van der Waals surface area contributed by atoms with Crippen LogP contribution in [0.2, 0.25) is 0 Å². The van der Waals surface area contributed by atoms with Gasteiger partial charge >= 0.3 is 0 Å². The summed E-state index contributed by atoms with van der Waals surface area (Å²) in [4.78, 5) is 25.6. The normalized spacial score (nSPS) is 16.9. The number of carbonyl (C=O) groups is 1. The summed E-state index contributed by atoms with van der Waals surface area (Å²) in [6.45, 7) is 4.45. The fourth-order valence-electron chi connectivity index (χ4n) is 2.11. The third-order valence-corrected chi connectivity index (χ3v) is 3.44. The van der Waals surface area contributed by atoms with Gasteiger partial charge in [0.1, 0.15) is 5.56 Å². The molecule has 18 heavy (non-hydrogen) atoms. The van der Waals surface area contributed by atoms with Gasteiger partial charge < -0.3 is 10.0 Å². The van der Waals surface area contributed by atoms with Gasteiger partial charge in [-0.05, 0) is 32.3 Å². The summed E-state index contributed by atoms with van der Waals surface area (Å²) < 4.78 is 0. The van der Waals surface area contributed by atoms with Gasteiger partial charge in [-0.1, -0.05) is 0 Å². The number of hydrogen-bond acceptors (Lipinski definition) is 4. The topological polar surface area (TPSA) is 86.3 Å². The van der Waals surface area contributed by atoms with Crippen LogP contribution in [-0.2, 0) is 0 Å². The molecule has 98 valence electrons. The van der Waals surface area contributed by atoms with Gasteiger partial charge in [0, 0.05) is 13.1 Å². The SMILES string of the molecule is Cc1n[nH]c(=O)c(C(=O)N2CCC(O)CC2)c1C. The van der Waals surface area contributed by atoms with Crippen molar-refractivity contribution in [2.24, 2.45) is 0 Å². The zero-order valence-electron chi connectivity index (χ0n) is 10.6. The molecule has 1 fully saturated rings. The van der Waals surface area contributed by atoms with Crippen molar-refractivity contribution in [1.82, 2.24) is 15.1 Å². The largest absolute Gasteiger partial charge is 0.393 e. The molecule has 1 aromatic rings. The Bertz CT molecular complexity index is 516. The van der Waals surface area contributed by atoms with Gasteiger partial charge in [0.15, 0.2) is 0 Å². The van der Waals surface area contributed by atoms with E-state index in [2.05, 4.69) is 10.2 Å². The molecule has 0 radical (unpaired) electrons. The Morgan fingerprint density at radius 2 is 2.00 bits per heavy atom. The standard InChI is InChI=1S/C12H17N3O3/c1-7-8(2)13-14-11(17)10(7)12(18)15-5-3-9(16)4-6-15/h9,16H,3-6H2,1-2H3,(H,14,17). The first kappa shape index (κ1) is 12.8. The molecule has 6 nitrogen and oxygen atoms in total. The van der Waals surface area contributed by atoms with Gasteiger partial charge in [-0.15, -0.1) is 0 Å². The minimum absolute atomic E-state index is 0.166. The molecule has 0 spiro atoms. The highest BCUT2D eigenvalue weighted by Crippen LogP contribution is 2.14. The number of H-pyrrole nitrogens is 1. The molecule has 0 aliphatic carbocycles. The summed E-state index contributed by atoms with van der Waals surface area (Å²) in [5.41, 5.74) is 0.984. The van der Waals surface area contributed by atoms with Crippen LogP contribution >= 0.6 is 0 Å². The van der Waals surface area contributed by atoms with E-state index in [1.807, 2.05) is 0 Å². The van der Waals surface area contributed by atoms with E-state index in [1.54, 1.807) is 18.7 Å². The van der Waals surface area contributed by atoms with Crippen LogP contribution in [0.3, 0.4) is 0 Å². The molecular formula is C12H17N3O3. The number of likely N-dealkylation sites (tertiary alicyclic amines) is 1. The van der Waals surface area contributed by atoms with E-state index in [0.29, 0.717) is 37.2 Å². The number of aliphatic hydroxyl groups excluding tert-OH is 1. The lowest BCUT2D eigenvalue weighted by molar-refractivity contribution is 0.0544. The second-order valence-corrected chi connectivity index (χ2v) is 4.66. The molecule has 0 unspecified atom stereocenters. The monoisotopic (exact) mass is 251 g/mol. The molecule has 2 rings (SSSR count). The highest BCUT2D eigenvalue weighted by Gasteiger charge is 2.25. The molecule has 2 heterocycles. The van der Waals surface area contributed by atoms with Gasteiger partial charge in [-0.2, -0.15) is 5.10 Å². The molecule has 0 bridgehead atoms. The lowest BCUT2D eigenvalue weighted by Crippen LogP contribution is -2.42. The molecule has 6 heteroatoms. The van der Waals surface area contributed by atoms with E-state index in [9.17, 15) is 14.7 Å². The Morgan fingerprint density at radius 3 is 2.61 bits per heavy atom. The summed E-state index contributed by atoms with van der Waals surface area (Å²) in [6.07, 6.45) is 0.784. The van der Waals surface area contributed by atoms with E-state index in [-0.39, 0.29) is 17.6 Å². The second-order valence-electron chi connectivity index (χ2n) is 4.66. The maximum absolute atomic E-state index is 12.3. The molecule has 0 saturated carbocycles. The fourth-order valence-corrected chi connectivity index (χ4v) is 2.11. The molecule has 0 aromatic carbocycles. The molecule has 1 amide bonds. The summed E-state index contributed by atoms with van der Waals surface area (Å²) in [5, 5.41) is 15.6. The minimum atomic E-state index is -0.450. The molecule has 2 N–H and O–H groups in total. The van der Waals surface area contributed by atoms with Crippen molar-refractivity contribution in [1.29, 1.82) is 0 Å². The average molecular weight is 251 g/mol. The minimum Gasteiger partial charge on any atom is -0.393 e. The maximum Gasteiger partial charge on any atom is 0.277 e. The van der Waals surface area contributed by atoms with Gasteiger partial charge in [0.25, 0.3) is 11.5 Å². The van der Waals surface area contributed by atoms with Gasteiger partial charge in [0.2, 0.25) is 0 Å². The Hall–Kier alpha value is -1.69. The van der Waals surface area contributed by atoms with Crippen LogP contribution in [0.15, 0.2) is 4.79 Å². The van der Waals surface area contributed by atoms with E-state index in [1.165, 1.54) is 0 Å². The van der Waals surface area contributed by atoms with E-state index in [0.717, 1.165) is 0 Å². The zero-order valence-corrected chi connectivity index (χ0v) is 10.6. The molecule has 1 aliphatic heterocycles. The van der Waals surface area contributed by atoms with E-state index < -0.39 is 5.56 Å². The summed E-state index contributed by atoms with van der Waals surface area (Å²) in [5.74, 6) is -0.272. The lowest BCUT2D eigenvalue weighted by atomic mass is 10.0. The first-order chi connectivity index (χ1) is 8.50. The van der Waals surface area contributed by atoms with Crippen LogP contribution in [-0.4, -0.2) is 45.3 Å². The highest BCUT2D eigenvalue weighted by atomic mass is 16.3. The van der Waals surface area contributed by atoms with Gasteiger partial charge in [0.05, 0.1) is 11.8 Å². The van der Waals surface area contributed by atoms with E-state index >= 15 is 0 Å². The number of aromatic nitrogens is 2. The zero-order chi connectivity index (χ0) is 13.3. The molecule has 1 aromatic heterocycles. The quantitative estimate of drug-likeness (QED) is 0.734. The van der Waals surface area contributed by atoms with Crippen molar-refractivity contribution in [3.8, 4) is 0 Å². The summed E-state index contributed by atoms with van der Waals surface area (Å²) >= 11 is 0. The van der Waals surface area contributed by atoms with Crippen LogP contribution in [0.4, 0.5) is 0 Å². The van der Waals surface area contributed by atoms with Crippen LogP contribution in [0, 0.1) is 13.8 Å². The Kier molecular flexibility index (Phi) is 3.47. The number of piperidine rings is 1. The van der Waals surface area contributed by atoms with Crippen molar-refractivity contribution < 1.29 is 9.90 Å². The van der Waals surface area contributed by atoms with Crippen molar-refractivity contribution in [3.63, 3.8) is 0 Å². The van der Waals surface area contributed by atoms with Gasteiger partial charge in [-0.25, -0.2) is 5.10 Å². The Balaban J connectivity index is 2.29. The molecular weight excluding hydrogens is 234 g/mol. The number of aliphatic hydroxyl groups is 1. The third-order valence-electron chi connectivity index (χ3n) is 3.44. The summed E-state index contributed by atoms with van der Waals surface area (Å²) in [6, 6.07) is 0. The van der Waals surface area contributed by atoms with Crippen molar-refractivity contribution in [2.45, 2.75) is 32.8 Å². The molecule has 1 saturated heterocycles. The predicted molar refractivity (Wildman–Crippen MR) is 65.5 cm³/mol. The Morgan fingerprint density at radius 1 is 1.39 bits per heavy atom. The maximum atomic E-state index is 12.3. The van der Waals surface area contributed by atoms with Crippen molar-refractivity contribution in [3.05, 3.63) is 27.2 Å². The highest BCUT2D eigenvalue weighted by molar-refractivity contribution is 5.95. The Labute approximate surface area is 105 Å². The number of rotatable bonds is 1. The smallest absolute Gasteiger partial charge is 0.277 e. The molecule has 0 atom stereocenters. The van der Waals surface area contributed by atoms with Gasteiger partial charge in [-0.3, -0.25) is 9.59 Å². The molecule has 1 aliphatic rings. The van der Waals surface area contributed by atoms with Crippen LogP contribution in [0.25, 0.3) is 0 Å².